The maximum absolute atomic E-state index is 12.5. The Balaban J connectivity index is 1.84. The molecule has 0 aromatic heterocycles. The van der Waals surface area contributed by atoms with Crippen LogP contribution in [0.25, 0.3) is 0 Å². The zero-order valence-corrected chi connectivity index (χ0v) is 12.2. The molecule has 2 rings (SSSR count). The molecule has 1 saturated carbocycles. The minimum absolute atomic E-state index is 0.0894. The number of hydrogen-bond donors (Lipinski definition) is 1. The van der Waals surface area contributed by atoms with Gasteiger partial charge in [-0.05, 0) is 39.0 Å². The van der Waals surface area contributed by atoms with Crippen LogP contribution in [0.1, 0.15) is 45.4 Å². The predicted octanol–water partition coefficient (Wildman–Crippen LogP) is 1.90. The summed E-state index contributed by atoms with van der Waals surface area (Å²) in [6.07, 6.45) is 4.99. The van der Waals surface area contributed by atoms with E-state index < -0.39 is 5.97 Å². The third-order valence-electron chi connectivity index (χ3n) is 4.53. The number of carboxylic acids is 1. The van der Waals surface area contributed by atoms with E-state index in [2.05, 4.69) is 0 Å². The van der Waals surface area contributed by atoms with Gasteiger partial charge in [-0.2, -0.15) is 0 Å². The standard InChI is InChI=1S/C15H25NO4/c1-2-20-13-6-8-16(9-7-13)14(17)11-4-3-5-12(10-11)15(18)19/h11-13H,2-10H2,1H3,(H,18,19)/t11-,12-/m1/s1. The van der Waals surface area contributed by atoms with E-state index in [0.717, 1.165) is 45.4 Å². The molecule has 1 saturated heterocycles. The SMILES string of the molecule is CCOC1CCN(C(=O)[C@@H]2CCC[C@@H](C(=O)O)C2)CC1. The molecule has 0 bridgehead atoms. The summed E-state index contributed by atoms with van der Waals surface area (Å²) in [5.74, 6) is -1.02. The molecule has 0 unspecified atom stereocenters. The molecule has 1 heterocycles. The molecule has 1 aliphatic heterocycles. The number of carboxylic acid groups (broad SMARTS) is 1. The summed E-state index contributed by atoms with van der Waals surface area (Å²) in [5, 5.41) is 9.10. The average molecular weight is 283 g/mol. The first-order chi connectivity index (χ1) is 9.61. The van der Waals surface area contributed by atoms with Gasteiger partial charge < -0.3 is 14.7 Å². The fourth-order valence-corrected chi connectivity index (χ4v) is 3.38. The highest BCUT2D eigenvalue weighted by molar-refractivity contribution is 5.80. The minimum Gasteiger partial charge on any atom is -0.481 e. The molecule has 2 aliphatic rings. The van der Waals surface area contributed by atoms with Crippen molar-refractivity contribution in [2.24, 2.45) is 11.8 Å². The Labute approximate surface area is 120 Å². The van der Waals surface area contributed by atoms with E-state index in [0.29, 0.717) is 12.8 Å². The summed E-state index contributed by atoms with van der Waals surface area (Å²) in [5.41, 5.74) is 0. The van der Waals surface area contributed by atoms with Crippen molar-refractivity contribution < 1.29 is 19.4 Å². The molecular formula is C15H25NO4. The van der Waals surface area contributed by atoms with Crippen LogP contribution in [0.2, 0.25) is 0 Å². The normalized spacial score (nSPS) is 28.4. The number of carbonyl (C=O) groups excluding carboxylic acids is 1. The van der Waals surface area contributed by atoms with Crippen LogP contribution < -0.4 is 0 Å². The number of nitrogens with zero attached hydrogens (tertiary/aromatic N) is 1. The number of hydrogen-bond acceptors (Lipinski definition) is 3. The number of ether oxygens (including phenoxy) is 1. The molecule has 0 aromatic carbocycles. The van der Waals surface area contributed by atoms with Crippen LogP contribution in [0.4, 0.5) is 0 Å². The van der Waals surface area contributed by atoms with Gasteiger partial charge in [-0.25, -0.2) is 0 Å². The monoisotopic (exact) mass is 283 g/mol. The smallest absolute Gasteiger partial charge is 0.306 e. The van der Waals surface area contributed by atoms with E-state index in [9.17, 15) is 9.59 Å². The number of piperidine rings is 1. The highest BCUT2D eigenvalue weighted by Crippen LogP contribution is 2.31. The van der Waals surface area contributed by atoms with Crippen LogP contribution >= 0.6 is 0 Å². The second kappa shape index (κ2) is 7.07. The van der Waals surface area contributed by atoms with Gasteiger partial charge in [0.05, 0.1) is 12.0 Å². The van der Waals surface area contributed by atoms with Gasteiger partial charge in [-0.15, -0.1) is 0 Å². The molecule has 2 fully saturated rings. The maximum atomic E-state index is 12.5. The first-order valence-electron chi connectivity index (χ1n) is 7.75. The summed E-state index contributed by atoms with van der Waals surface area (Å²) < 4.78 is 5.59. The van der Waals surface area contributed by atoms with Crippen molar-refractivity contribution >= 4 is 11.9 Å². The third-order valence-corrected chi connectivity index (χ3v) is 4.53. The molecule has 1 N–H and O–H groups in total. The van der Waals surface area contributed by atoms with Gasteiger partial charge in [-0.3, -0.25) is 9.59 Å². The first kappa shape index (κ1) is 15.3. The summed E-state index contributed by atoms with van der Waals surface area (Å²) >= 11 is 0. The third kappa shape index (κ3) is 3.72. The highest BCUT2D eigenvalue weighted by Gasteiger charge is 2.34. The lowest BCUT2D eigenvalue weighted by Crippen LogP contribution is -2.45. The van der Waals surface area contributed by atoms with E-state index in [1.54, 1.807) is 0 Å². The summed E-state index contributed by atoms with van der Waals surface area (Å²) in [6.45, 7) is 4.21. The van der Waals surface area contributed by atoms with Crippen molar-refractivity contribution in [1.82, 2.24) is 4.90 Å². The fourth-order valence-electron chi connectivity index (χ4n) is 3.38. The molecule has 114 valence electrons. The second-order valence-electron chi connectivity index (χ2n) is 5.88. The van der Waals surface area contributed by atoms with Crippen molar-refractivity contribution in [3.8, 4) is 0 Å². The van der Waals surface area contributed by atoms with Crippen molar-refractivity contribution in [2.75, 3.05) is 19.7 Å². The van der Waals surface area contributed by atoms with Gasteiger partial charge in [0.15, 0.2) is 0 Å². The molecule has 5 nitrogen and oxygen atoms in total. The van der Waals surface area contributed by atoms with Gasteiger partial charge >= 0.3 is 5.97 Å². The largest absolute Gasteiger partial charge is 0.481 e. The van der Waals surface area contributed by atoms with E-state index in [1.165, 1.54) is 0 Å². The Morgan fingerprint density at radius 3 is 2.40 bits per heavy atom. The predicted molar refractivity (Wildman–Crippen MR) is 74.3 cm³/mol. The molecule has 0 radical (unpaired) electrons. The lowest BCUT2D eigenvalue weighted by molar-refractivity contribution is -0.146. The molecule has 1 aliphatic carbocycles. The number of likely N-dealkylation sites (tertiary alicyclic amines) is 1. The Morgan fingerprint density at radius 2 is 1.80 bits per heavy atom. The number of rotatable bonds is 4. The Bertz CT molecular complexity index is 350. The Hall–Kier alpha value is -1.10. The first-order valence-corrected chi connectivity index (χ1v) is 7.75. The van der Waals surface area contributed by atoms with Crippen LogP contribution in [0.3, 0.4) is 0 Å². The lowest BCUT2D eigenvalue weighted by Gasteiger charge is -2.35. The number of amides is 1. The summed E-state index contributed by atoms with van der Waals surface area (Å²) in [4.78, 5) is 25.5. The molecule has 0 spiro atoms. The van der Waals surface area contributed by atoms with Gasteiger partial charge in [-0.1, -0.05) is 6.42 Å². The minimum atomic E-state index is -0.752. The zero-order valence-electron chi connectivity index (χ0n) is 12.2. The van der Waals surface area contributed by atoms with Gasteiger partial charge in [0, 0.05) is 25.6 Å². The quantitative estimate of drug-likeness (QED) is 0.855. The number of carbonyl (C=O) groups is 2. The van der Waals surface area contributed by atoms with E-state index in [-0.39, 0.29) is 23.8 Å². The van der Waals surface area contributed by atoms with Crippen LogP contribution in [0.5, 0.6) is 0 Å². The van der Waals surface area contributed by atoms with E-state index in [4.69, 9.17) is 9.84 Å². The zero-order chi connectivity index (χ0) is 14.5. The van der Waals surface area contributed by atoms with Crippen LogP contribution in [0.15, 0.2) is 0 Å². The van der Waals surface area contributed by atoms with E-state index >= 15 is 0 Å². The van der Waals surface area contributed by atoms with Crippen molar-refractivity contribution in [1.29, 1.82) is 0 Å². The van der Waals surface area contributed by atoms with Gasteiger partial charge in [0.2, 0.25) is 5.91 Å². The van der Waals surface area contributed by atoms with Crippen molar-refractivity contribution in [3.05, 3.63) is 0 Å². The van der Waals surface area contributed by atoms with Crippen LogP contribution in [-0.2, 0) is 14.3 Å². The van der Waals surface area contributed by atoms with Gasteiger partial charge in [0.1, 0.15) is 0 Å². The Morgan fingerprint density at radius 1 is 1.15 bits per heavy atom. The average Bonchev–Trinajstić information content (AvgIpc) is 2.48. The van der Waals surface area contributed by atoms with Crippen molar-refractivity contribution in [3.63, 3.8) is 0 Å². The van der Waals surface area contributed by atoms with Crippen molar-refractivity contribution in [2.45, 2.75) is 51.6 Å². The van der Waals surface area contributed by atoms with Crippen LogP contribution in [-0.4, -0.2) is 47.7 Å². The van der Waals surface area contributed by atoms with Gasteiger partial charge in [0.25, 0.3) is 0 Å². The molecule has 2 atom stereocenters. The summed E-state index contributed by atoms with van der Waals surface area (Å²) in [7, 11) is 0. The van der Waals surface area contributed by atoms with E-state index in [1.807, 2.05) is 11.8 Å². The highest BCUT2D eigenvalue weighted by atomic mass is 16.5. The van der Waals surface area contributed by atoms with Crippen LogP contribution in [0, 0.1) is 11.8 Å². The molecule has 20 heavy (non-hydrogen) atoms. The lowest BCUT2D eigenvalue weighted by atomic mass is 9.80. The Kier molecular flexibility index (Phi) is 5.40. The summed E-state index contributed by atoms with van der Waals surface area (Å²) in [6, 6.07) is 0. The number of aliphatic carboxylic acids is 1. The molecular weight excluding hydrogens is 258 g/mol. The topological polar surface area (TPSA) is 66.8 Å². The molecule has 1 amide bonds. The molecule has 0 aromatic rings. The fraction of sp³-hybridized carbons (Fsp3) is 0.867. The second-order valence-corrected chi connectivity index (χ2v) is 5.88. The molecule has 5 heteroatoms. The maximum Gasteiger partial charge on any atom is 0.306 e.